The van der Waals surface area contributed by atoms with Gasteiger partial charge >= 0.3 is 0 Å². The van der Waals surface area contributed by atoms with Crippen LogP contribution >= 0.6 is 11.8 Å². The van der Waals surface area contributed by atoms with Gasteiger partial charge in [-0.3, -0.25) is 4.90 Å². The minimum atomic E-state index is 0.706. The van der Waals surface area contributed by atoms with Crippen molar-refractivity contribution in [3.63, 3.8) is 0 Å². The Labute approximate surface area is 167 Å². The van der Waals surface area contributed by atoms with Gasteiger partial charge in [0.2, 0.25) is 0 Å². The van der Waals surface area contributed by atoms with Crippen molar-refractivity contribution in [2.24, 2.45) is 11.8 Å². The number of benzene rings is 1. The average molecular weight is 380 g/mol. The maximum Gasteiger partial charge on any atom is 0.0433 e. The molecular formula is C23H41NOS. The van der Waals surface area contributed by atoms with Crippen molar-refractivity contribution >= 4 is 11.8 Å². The Morgan fingerprint density at radius 1 is 1.00 bits per heavy atom. The number of ether oxygens (including phenoxy) is 1. The van der Waals surface area contributed by atoms with Crippen LogP contribution in [0.4, 0.5) is 0 Å². The van der Waals surface area contributed by atoms with E-state index >= 15 is 0 Å². The van der Waals surface area contributed by atoms with E-state index in [9.17, 15) is 0 Å². The fourth-order valence-electron chi connectivity index (χ4n) is 2.16. The van der Waals surface area contributed by atoms with Gasteiger partial charge in [-0.1, -0.05) is 69.7 Å². The van der Waals surface area contributed by atoms with Gasteiger partial charge in [-0.2, -0.15) is 11.8 Å². The Kier molecular flexibility index (Phi) is 15.9. The Morgan fingerprint density at radius 2 is 1.46 bits per heavy atom. The molecule has 1 saturated heterocycles. The molecule has 26 heavy (non-hydrogen) atoms. The number of hydrogen-bond acceptors (Lipinski definition) is 3. The quantitative estimate of drug-likeness (QED) is 0.578. The summed E-state index contributed by atoms with van der Waals surface area (Å²) < 4.78 is 4.54. The lowest BCUT2D eigenvalue weighted by atomic mass is 10.1. The van der Waals surface area contributed by atoms with Gasteiger partial charge in [0.25, 0.3) is 0 Å². The second kappa shape index (κ2) is 16.4. The van der Waals surface area contributed by atoms with Crippen LogP contribution in [0.1, 0.15) is 45.7 Å². The molecule has 0 saturated carbocycles. The van der Waals surface area contributed by atoms with E-state index in [1.807, 2.05) is 6.92 Å². The molecule has 0 unspecified atom stereocenters. The minimum absolute atomic E-state index is 0.706. The molecule has 1 aliphatic heterocycles. The zero-order valence-corrected chi connectivity index (χ0v) is 18.9. The standard InChI is InChI=1S/C12H17NS.C8H16.C3H8O/c1-11-2-4-12(5-3-11)10-13-6-8-14-9-7-13;1-7(2)5-6-8(3)4;1-3-4-2/h2-5H,6-10H2,1H3;5-8H,1-4H3;3H2,1-2H3/b;6-5-;. The van der Waals surface area contributed by atoms with Crippen molar-refractivity contribution in [2.75, 3.05) is 38.3 Å². The van der Waals surface area contributed by atoms with E-state index in [2.05, 4.69) is 92.4 Å². The van der Waals surface area contributed by atoms with Crippen LogP contribution in [0.2, 0.25) is 0 Å². The van der Waals surface area contributed by atoms with Gasteiger partial charge < -0.3 is 4.74 Å². The lowest BCUT2D eigenvalue weighted by Gasteiger charge is -2.26. The molecule has 0 spiro atoms. The second-order valence-corrected chi connectivity index (χ2v) is 8.55. The first kappa shape index (κ1) is 25.2. The van der Waals surface area contributed by atoms with Crippen LogP contribution in [0.3, 0.4) is 0 Å². The van der Waals surface area contributed by atoms with Gasteiger partial charge in [-0.15, -0.1) is 0 Å². The number of allylic oxidation sites excluding steroid dienone is 2. The highest BCUT2D eigenvalue weighted by molar-refractivity contribution is 7.99. The van der Waals surface area contributed by atoms with E-state index in [1.165, 1.54) is 35.7 Å². The third kappa shape index (κ3) is 15.5. The lowest BCUT2D eigenvalue weighted by molar-refractivity contribution is 0.215. The highest BCUT2D eigenvalue weighted by atomic mass is 32.2. The van der Waals surface area contributed by atoms with Gasteiger partial charge in [0.1, 0.15) is 0 Å². The summed E-state index contributed by atoms with van der Waals surface area (Å²) in [6.45, 7) is 17.3. The summed E-state index contributed by atoms with van der Waals surface area (Å²) in [6.07, 6.45) is 4.48. The van der Waals surface area contributed by atoms with Gasteiger partial charge in [0, 0.05) is 44.9 Å². The molecule has 0 bridgehead atoms. The Morgan fingerprint density at radius 3 is 1.85 bits per heavy atom. The summed E-state index contributed by atoms with van der Waals surface area (Å²) in [5, 5.41) is 0. The van der Waals surface area contributed by atoms with Gasteiger partial charge in [-0.25, -0.2) is 0 Å². The lowest BCUT2D eigenvalue weighted by Crippen LogP contribution is -2.31. The summed E-state index contributed by atoms with van der Waals surface area (Å²) >= 11 is 2.07. The smallest absolute Gasteiger partial charge is 0.0433 e. The van der Waals surface area contributed by atoms with E-state index in [0.717, 1.165) is 13.2 Å². The number of hydrogen-bond donors (Lipinski definition) is 0. The molecule has 1 aromatic rings. The van der Waals surface area contributed by atoms with Crippen molar-refractivity contribution < 1.29 is 4.74 Å². The highest BCUT2D eigenvalue weighted by Crippen LogP contribution is 2.13. The highest BCUT2D eigenvalue weighted by Gasteiger charge is 2.09. The molecule has 150 valence electrons. The number of thioether (sulfide) groups is 1. The third-order valence-corrected chi connectivity index (χ3v) is 4.74. The van der Waals surface area contributed by atoms with Gasteiger partial charge in [0.15, 0.2) is 0 Å². The minimum Gasteiger partial charge on any atom is -0.385 e. The second-order valence-electron chi connectivity index (χ2n) is 7.32. The molecule has 0 aliphatic carbocycles. The molecular weight excluding hydrogens is 338 g/mol. The molecule has 0 radical (unpaired) electrons. The Balaban J connectivity index is 0.000000444. The number of aryl methyl sites for hydroxylation is 1. The zero-order valence-electron chi connectivity index (χ0n) is 18.1. The van der Waals surface area contributed by atoms with E-state index in [-0.39, 0.29) is 0 Å². The maximum atomic E-state index is 4.54. The first-order chi connectivity index (χ1) is 12.4. The number of nitrogens with zero attached hydrogens (tertiary/aromatic N) is 1. The largest absolute Gasteiger partial charge is 0.385 e. The monoisotopic (exact) mass is 379 g/mol. The number of rotatable bonds is 5. The van der Waals surface area contributed by atoms with Crippen LogP contribution in [0, 0.1) is 18.8 Å². The normalized spacial score (nSPS) is 14.8. The average Bonchev–Trinajstić information content (AvgIpc) is 2.63. The zero-order chi connectivity index (χ0) is 19.8. The SMILES string of the molecule is CC(C)/C=C\C(C)C.CCOC.Cc1ccc(CN2CCSCC2)cc1. The molecule has 2 rings (SSSR count). The van der Waals surface area contributed by atoms with E-state index < -0.39 is 0 Å². The maximum absolute atomic E-state index is 4.54. The van der Waals surface area contributed by atoms with Crippen LogP contribution < -0.4 is 0 Å². The predicted octanol–water partition coefficient (Wildman–Crippen LogP) is 6.05. The van der Waals surface area contributed by atoms with Crippen LogP contribution in [-0.2, 0) is 11.3 Å². The molecule has 1 aliphatic rings. The summed E-state index contributed by atoms with van der Waals surface area (Å²) in [4.78, 5) is 2.54. The molecule has 0 aromatic heterocycles. The molecule has 3 heteroatoms. The van der Waals surface area contributed by atoms with Gasteiger partial charge in [0.05, 0.1) is 0 Å². The third-order valence-electron chi connectivity index (χ3n) is 3.80. The fourth-order valence-corrected chi connectivity index (χ4v) is 3.13. The predicted molar refractivity (Wildman–Crippen MR) is 120 cm³/mol. The van der Waals surface area contributed by atoms with Crippen molar-refractivity contribution in [2.45, 2.75) is 48.1 Å². The van der Waals surface area contributed by atoms with Crippen molar-refractivity contribution in [1.29, 1.82) is 0 Å². The molecule has 1 fully saturated rings. The van der Waals surface area contributed by atoms with Crippen molar-refractivity contribution in [3.8, 4) is 0 Å². The molecule has 0 atom stereocenters. The molecule has 1 heterocycles. The van der Waals surface area contributed by atoms with Crippen LogP contribution in [0.25, 0.3) is 0 Å². The topological polar surface area (TPSA) is 12.5 Å². The van der Waals surface area contributed by atoms with E-state index in [4.69, 9.17) is 0 Å². The van der Waals surface area contributed by atoms with Gasteiger partial charge in [-0.05, 0) is 31.2 Å². The molecule has 0 N–H and O–H groups in total. The van der Waals surface area contributed by atoms with Crippen LogP contribution in [-0.4, -0.2) is 43.2 Å². The van der Waals surface area contributed by atoms with E-state index in [0.29, 0.717) is 11.8 Å². The Hall–Kier alpha value is -0.770. The summed E-state index contributed by atoms with van der Waals surface area (Å²) in [7, 11) is 1.68. The van der Waals surface area contributed by atoms with Crippen molar-refractivity contribution in [1.82, 2.24) is 4.90 Å². The summed E-state index contributed by atoms with van der Waals surface area (Å²) in [5.41, 5.74) is 2.80. The summed E-state index contributed by atoms with van der Waals surface area (Å²) in [5.74, 6) is 4.01. The molecule has 1 aromatic carbocycles. The van der Waals surface area contributed by atoms with Crippen LogP contribution in [0.15, 0.2) is 36.4 Å². The van der Waals surface area contributed by atoms with Crippen molar-refractivity contribution in [3.05, 3.63) is 47.5 Å². The number of methoxy groups -OCH3 is 1. The molecule has 0 amide bonds. The Bertz CT molecular complexity index is 436. The fraction of sp³-hybridized carbons (Fsp3) is 0.652. The van der Waals surface area contributed by atoms with Crippen LogP contribution in [0.5, 0.6) is 0 Å². The first-order valence-electron chi connectivity index (χ1n) is 9.91. The molecule has 2 nitrogen and oxygen atoms in total. The van der Waals surface area contributed by atoms with E-state index in [1.54, 1.807) is 7.11 Å². The first-order valence-corrected chi connectivity index (χ1v) is 11.1. The summed E-state index contributed by atoms with van der Waals surface area (Å²) in [6, 6.07) is 8.90.